The molecule has 1 unspecified atom stereocenters. The molecule has 0 heterocycles. The second-order valence-electron chi connectivity index (χ2n) is 13.7. The van der Waals surface area contributed by atoms with Gasteiger partial charge >= 0.3 is 12.1 Å². The van der Waals surface area contributed by atoms with Gasteiger partial charge in [-0.3, -0.25) is 0 Å². The Labute approximate surface area is 320 Å². The first-order valence-corrected chi connectivity index (χ1v) is 18.5. The standard InChI is InChI=1S/C48H38ClNO4/c1-32-23-27-37(28-24-32)48(36-15-3-2-4-16-36,43-21-11-12-22-44(43)49)54-46(51)45(30-33-25-26-34-13-5-6-14-35(34)29-33)50-47(52)53-31-42-40-19-9-7-17-38(40)39-18-8-10-20-41(39)42/h2-29,42,45H,30-31H2,1H3,(H,50,52)/t45-,48?/m0/s1. The molecule has 0 aliphatic heterocycles. The normalized spacial score (nSPS) is 13.7. The number of benzene rings is 7. The minimum atomic E-state index is -1.45. The molecule has 1 N–H and O–H groups in total. The predicted octanol–water partition coefficient (Wildman–Crippen LogP) is 10.8. The lowest BCUT2D eigenvalue weighted by atomic mass is 9.79. The van der Waals surface area contributed by atoms with E-state index in [0.29, 0.717) is 21.7 Å². The summed E-state index contributed by atoms with van der Waals surface area (Å²) < 4.78 is 12.8. The number of rotatable bonds is 10. The average Bonchev–Trinajstić information content (AvgIpc) is 3.53. The molecule has 2 atom stereocenters. The Bertz CT molecular complexity index is 2420. The SMILES string of the molecule is Cc1ccc(C(OC(=O)[C@H](Cc2ccc3ccccc3c2)NC(=O)OCC2c3ccccc3-c3ccccc32)(c2ccccc2)c2ccccc2Cl)cc1. The zero-order valence-corrected chi connectivity index (χ0v) is 30.5. The van der Waals surface area contributed by atoms with E-state index >= 15 is 0 Å². The number of halogens is 1. The maximum atomic E-state index is 14.9. The summed E-state index contributed by atoms with van der Waals surface area (Å²) >= 11 is 6.97. The van der Waals surface area contributed by atoms with Crippen molar-refractivity contribution in [3.05, 3.63) is 214 Å². The number of alkyl carbamates (subject to hydrolysis) is 1. The lowest BCUT2D eigenvalue weighted by molar-refractivity contribution is -0.156. The van der Waals surface area contributed by atoms with Crippen LogP contribution in [0.4, 0.5) is 4.79 Å². The van der Waals surface area contributed by atoms with Gasteiger partial charge < -0.3 is 14.8 Å². The fraction of sp³-hybridized carbons (Fsp3) is 0.125. The summed E-state index contributed by atoms with van der Waals surface area (Å²) in [6, 6.07) is 54.2. The summed E-state index contributed by atoms with van der Waals surface area (Å²) in [5, 5.41) is 5.45. The molecule has 8 rings (SSSR count). The van der Waals surface area contributed by atoms with Crippen molar-refractivity contribution in [1.29, 1.82) is 0 Å². The number of esters is 1. The first-order chi connectivity index (χ1) is 26.4. The van der Waals surface area contributed by atoms with Crippen molar-refractivity contribution in [2.24, 2.45) is 0 Å². The highest BCUT2D eigenvalue weighted by atomic mass is 35.5. The second kappa shape index (κ2) is 15.1. The van der Waals surface area contributed by atoms with Gasteiger partial charge in [-0.05, 0) is 51.6 Å². The van der Waals surface area contributed by atoms with E-state index in [-0.39, 0.29) is 18.9 Å². The van der Waals surface area contributed by atoms with Gasteiger partial charge in [0, 0.05) is 34.1 Å². The Morgan fingerprint density at radius 3 is 1.96 bits per heavy atom. The topological polar surface area (TPSA) is 64.6 Å². The molecule has 0 bridgehead atoms. The van der Waals surface area contributed by atoms with E-state index in [1.165, 1.54) is 0 Å². The van der Waals surface area contributed by atoms with E-state index in [1.807, 2.05) is 146 Å². The Hall–Kier alpha value is -6.17. The van der Waals surface area contributed by atoms with Crippen LogP contribution < -0.4 is 5.32 Å². The number of aryl methyl sites for hydroxylation is 1. The lowest BCUT2D eigenvalue weighted by Gasteiger charge is -2.37. The fourth-order valence-electron chi connectivity index (χ4n) is 7.66. The number of fused-ring (bicyclic) bond motifs is 4. The minimum Gasteiger partial charge on any atom is -0.449 e. The van der Waals surface area contributed by atoms with Crippen molar-refractivity contribution in [2.75, 3.05) is 6.61 Å². The van der Waals surface area contributed by atoms with E-state index in [1.54, 1.807) is 6.07 Å². The van der Waals surface area contributed by atoms with Crippen LogP contribution in [-0.2, 0) is 26.3 Å². The summed E-state index contributed by atoms with van der Waals surface area (Å²) in [6.07, 6.45) is -0.548. The van der Waals surface area contributed by atoms with Gasteiger partial charge in [0.05, 0.1) is 0 Å². The van der Waals surface area contributed by atoms with Gasteiger partial charge in [-0.1, -0.05) is 181 Å². The van der Waals surface area contributed by atoms with E-state index in [2.05, 4.69) is 29.6 Å². The molecule has 0 saturated carbocycles. The molecule has 1 aliphatic rings. The Kier molecular flexibility index (Phi) is 9.73. The van der Waals surface area contributed by atoms with Crippen molar-refractivity contribution in [3.63, 3.8) is 0 Å². The smallest absolute Gasteiger partial charge is 0.407 e. The molecule has 54 heavy (non-hydrogen) atoms. The molecule has 0 fully saturated rings. The third-order valence-corrected chi connectivity index (χ3v) is 10.6. The van der Waals surface area contributed by atoms with Crippen LogP contribution in [0.5, 0.6) is 0 Å². The van der Waals surface area contributed by atoms with Gasteiger partial charge in [0.15, 0.2) is 5.60 Å². The van der Waals surface area contributed by atoms with E-state index < -0.39 is 23.7 Å². The zero-order valence-electron chi connectivity index (χ0n) is 29.7. The molecule has 7 aromatic carbocycles. The zero-order chi connectivity index (χ0) is 37.1. The Morgan fingerprint density at radius 2 is 1.26 bits per heavy atom. The van der Waals surface area contributed by atoms with Crippen LogP contribution in [0.25, 0.3) is 21.9 Å². The van der Waals surface area contributed by atoms with Crippen molar-refractivity contribution in [3.8, 4) is 11.1 Å². The van der Waals surface area contributed by atoms with Crippen LogP contribution in [0.15, 0.2) is 170 Å². The molecule has 0 aromatic heterocycles. The van der Waals surface area contributed by atoms with Crippen LogP contribution in [0.1, 0.15) is 44.9 Å². The van der Waals surface area contributed by atoms with Gasteiger partial charge in [-0.2, -0.15) is 0 Å². The highest BCUT2D eigenvalue weighted by Crippen LogP contribution is 2.45. The first kappa shape index (κ1) is 34.9. The molecule has 6 heteroatoms. The quantitative estimate of drug-likeness (QED) is 0.113. The molecule has 5 nitrogen and oxygen atoms in total. The lowest BCUT2D eigenvalue weighted by Crippen LogP contribution is -2.47. The second-order valence-corrected chi connectivity index (χ2v) is 14.1. The summed E-state index contributed by atoms with van der Waals surface area (Å²) in [5.74, 6) is -0.775. The number of hydrogen-bond donors (Lipinski definition) is 1. The largest absolute Gasteiger partial charge is 0.449 e. The van der Waals surface area contributed by atoms with Crippen molar-refractivity contribution in [1.82, 2.24) is 5.32 Å². The molecular formula is C48H38ClNO4. The molecule has 1 aliphatic carbocycles. The van der Waals surface area contributed by atoms with Crippen molar-refractivity contribution < 1.29 is 19.1 Å². The number of carbonyl (C=O) groups excluding carboxylic acids is 2. The number of amides is 1. The summed E-state index contributed by atoms with van der Waals surface area (Å²) in [7, 11) is 0. The summed E-state index contributed by atoms with van der Waals surface area (Å²) in [6.45, 7) is 2.11. The van der Waals surface area contributed by atoms with Crippen LogP contribution in [0.2, 0.25) is 5.02 Å². The maximum absolute atomic E-state index is 14.9. The molecule has 0 saturated heterocycles. The Morgan fingerprint density at radius 1 is 0.667 bits per heavy atom. The van der Waals surface area contributed by atoms with E-state index in [4.69, 9.17) is 21.1 Å². The van der Waals surface area contributed by atoms with Gasteiger partial charge in [-0.25, -0.2) is 9.59 Å². The van der Waals surface area contributed by atoms with Gasteiger partial charge in [-0.15, -0.1) is 0 Å². The van der Waals surface area contributed by atoms with Crippen LogP contribution >= 0.6 is 11.6 Å². The van der Waals surface area contributed by atoms with Crippen molar-refractivity contribution >= 4 is 34.4 Å². The molecule has 0 spiro atoms. The number of carbonyl (C=O) groups is 2. The number of ether oxygens (including phenoxy) is 2. The van der Waals surface area contributed by atoms with Crippen molar-refractivity contribution in [2.45, 2.75) is 30.9 Å². The molecular weight excluding hydrogens is 690 g/mol. The molecule has 0 radical (unpaired) electrons. The molecule has 7 aromatic rings. The summed E-state index contributed by atoms with van der Waals surface area (Å²) in [5.41, 5.74) is 6.95. The monoisotopic (exact) mass is 727 g/mol. The number of hydrogen-bond acceptors (Lipinski definition) is 4. The third kappa shape index (κ3) is 6.75. The fourth-order valence-corrected chi connectivity index (χ4v) is 7.93. The van der Waals surface area contributed by atoms with Gasteiger partial charge in [0.25, 0.3) is 0 Å². The highest BCUT2D eigenvalue weighted by Gasteiger charge is 2.44. The van der Waals surface area contributed by atoms with Crippen LogP contribution in [0.3, 0.4) is 0 Å². The first-order valence-electron chi connectivity index (χ1n) is 18.1. The molecule has 1 amide bonds. The van der Waals surface area contributed by atoms with E-state index in [9.17, 15) is 9.59 Å². The van der Waals surface area contributed by atoms with Gasteiger partial charge in [0.1, 0.15) is 12.6 Å². The molecule has 266 valence electrons. The maximum Gasteiger partial charge on any atom is 0.407 e. The minimum absolute atomic E-state index is 0.106. The van der Waals surface area contributed by atoms with Crippen LogP contribution in [0, 0.1) is 6.92 Å². The third-order valence-electron chi connectivity index (χ3n) is 10.3. The van der Waals surface area contributed by atoms with Gasteiger partial charge in [0.2, 0.25) is 0 Å². The average molecular weight is 728 g/mol. The highest BCUT2D eigenvalue weighted by molar-refractivity contribution is 6.31. The van der Waals surface area contributed by atoms with Crippen LogP contribution in [-0.4, -0.2) is 24.7 Å². The Balaban J connectivity index is 1.15. The summed E-state index contributed by atoms with van der Waals surface area (Å²) in [4.78, 5) is 28.8. The number of nitrogens with one attached hydrogen (secondary N) is 1. The predicted molar refractivity (Wildman–Crippen MR) is 215 cm³/mol. The van der Waals surface area contributed by atoms with E-state index in [0.717, 1.165) is 44.2 Å².